The molecule has 2 amide bonds. The van der Waals surface area contributed by atoms with Gasteiger partial charge in [-0.2, -0.15) is 0 Å². The summed E-state index contributed by atoms with van der Waals surface area (Å²) in [7, 11) is 0. The van der Waals surface area contributed by atoms with Crippen molar-refractivity contribution in [2.75, 3.05) is 5.32 Å². The molecule has 4 nitrogen and oxygen atoms in total. The molecule has 0 heterocycles. The van der Waals surface area contributed by atoms with E-state index < -0.39 is 5.41 Å². The molecule has 1 saturated carbocycles. The first-order chi connectivity index (χ1) is 12.5. The molecule has 0 radical (unpaired) electrons. The van der Waals surface area contributed by atoms with Crippen LogP contribution in [0.3, 0.4) is 0 Å². The first-order valence-corrected chi connectivity index (χ1v) is 9.27. The van der Waals surface area contributed by atoms with Gasteiger partial charge >= 0.3 is 0 Å². The van der Waals surface area contributed by atoms with E-state index >= 15 is 0 Å². The summed E-state index contributed by atoms with van der Waals surface area (Å²) in [6.07, 6.45) is 1.99. The number of amides is 2. The van der Waals surface area contributed by atoms with E-state index in [-0.39, 0.29) is 11.8 Å². The van der Waals surface area contributed by atoms with Gasteiger partial charge in [-0.15, -0.1) is 0 Å². The molecule has 2 N–H and O–H groups in total. The summed E-state index contributed by atoms with van der Waals surface area (Å²) in [6, 6.07) is 13.2. The van der Waals surface area contributed by atoms with Crippen molar-refractivity contribution in [2.24, 2.45) is 5.41 Å². The zero-order valence-electron chi connectivity index (χ0n) is 15.1. The number of nitrogens with one attached hydrogen (secondary N) is 2. The second kappa shape index (κ2) is 7.50. The van der Waals surface area contributed by atoms with Crippen molar-refractivity contribution in [2.45, 2.75) is 39.7 Å². The normalized spacial score (nSPS) is 14.6. The molecule has 0 aromatic heterocycles. The molecule has 1 fully saturated rings. The van der Waals surface area contributed by atoms with Crippen LogP contribution in [0.25, 0.3) is 0 Å². The number of hydrogen-bond donors (Lipinski definition) is 2. The Bertz CT molecular complexity index is 826. The van der Waals surface area contributed by atoms with E-state index in [1.54, 1.807) is 12.1 Å². The van der Waals surface area contributed by atoms with Gasteiger partial charge in [0.1, 0.15) is 5.41 Å². The fourth-order valence-corrected chi connectivity index (χ4v) is 3.20. The molecule has 0 saturated heterocycles. The van der Waals surface area contributed by atoms with E-state index in [2.05, 4.69) is 17.6 Å². The number of carbonyl (C=O) groups is 2. The highest BCUT2D eigenvalue weighted by atomic mass is 35.5. The minimum Gasteiger partial charge on any atom is -0.351 e. The summed E-state index contributed by atoms with van der Waals surface area (Å²) in [5.74, 6) is -0.424. The van der Waals surface area contributed by atoms with Crippen LogP contribution in [0.4, 0.5) is 5.69 Å². The van der Waals surface area contributed by atoms with Crippen molar-refractivity contribution in [3.05, 3.63) is 64.2 Å². The van der Waals surface area contributed by atoms with Crippen LogP contribution < -0.4 is 10.6 Å². The maximum atomic E-state index is 12.8. The Balaban J connectivity index is 1.67. The predicted octanol–water partition coefficient (Wildman–Crippen LogP) is 4.25. The van der Waals surface area contributed by atoms with Gasteiger partial charge in [-0.3, -0.25) is 9.59 Å². The SMILES string of the molecule is CCc1cccc(C)c1NC(=O)C1(C(=O)NCc2ccc(Cl)cc2)CC1. The summed E-state index contributed by atoms with van der Waals surface area (Å²) in [6.45, 7) is 4.40. The number of halogens is 1. The minimum absolute atomic E-state index is 0.211. The van der Waals surface area contributed by atoms with Gasteiger partial charge in [0.05, 0.1) is 0 Å². The summed E-state index contributed by atoms with van der Waals surface area (Å²) < 4.78 is 0. The molecule has 0 bridgehead atoms. The Hall–Kier alpha value is -2.33. The van der Waals surface area contributed by atoms with E-state index in [1.807, 2.05) is 37.3 Å². The monoisotopic (exact) mass is 370 g/mol. The van der Waals surface area contributed by atoms with E-state index in [0.29, 0.717) is 24.4 Å². The van der Waals surface area contributed by atoms with Crippen LogP contribution in [0.5, 0.6) is 0 Å². The van der Waals surface area contributed by atoms with Gasteiger partial charge in [-0.1, -0.05) is 48.9 Å². The second-order valence-corrected chi connectivity index (χ2v) is 7.24. The zero-order chi connectivity index (χ0) is 18.7. The number of para-hydroxylation sites is 1. The number of benzene rings is 2. The van der Waals surface area contributed by atoms with Gasteiger partial charge in [-0.05, 0) is 55.0 Å². The first-order valence-electron chi connectivity index (χ1n) is 8.89. The molecular formula is C21H23ClN2O2. The number of hydrogen-bond acceptors (Lipinski definition) is 2. The number of aryl methyl sites for hydroxylation is 2. The molecule has 5 heteroatoms. The molecule has 26 heavy (non-hydrogen) atoms. The fraction of sp³-hybridized carbons (Fsp3) is 0.333. The lowest BCUT2D eigenvalue weighted by Crippen LogP contribution is -2.39. The van der Waals surface area contributed by atoms with Crippen molar-refractivity contribution in [1.82, 2.24) is 5.32 Å². The summed E-state index contributed by atoms with van der Waals surface area (Å²) >= 11 is 5.87. The molecule has 2 aromatic rings. The average molecular weight is 371 g/mol. The minimum atomic E-state index is -0.945. The van der Waals surface area contributed by atoms with Crippen molar-refractivity contribution < 1.29 is 9.59 Å². The summed E-state index contributed by atoms with van der Waals surface area (Å²) in [4.78, 5) is 25.5. The maximum absolute atomic E-state index is 12.8. The van der Waals surface area contributed by atoms with Crippen molar-refractivity contribution in [3.63, 3.8) is 0 Å². The van der Waals surface area contributed by atoms with E-state index in [9.17, 15) is 9.59 Å². The third kappa shape index (κ3) is 3.75. The van der Waals surface area contributed by atoms with Crippen molar-refractivity contribution in [3.8, 4) is 0 Å². The molecule has 3 rings (SSSR count). The molecular weight excluding hydrogens is 348 g/mol. The highest BCUT2D eigenvalue weighted by Gasteiger charge is 2.56. The lowest BCUT2D eigenvalue weighted by Gasteiger charge is -2.18. The first kappa shape index (κ1) is 18.5. The predicted molar refractivity (Wildman–Crippen MR) is 104 cm³/mol. The number of carbonyl (C=O) groups excluding carboxylic acids is 2. The molecule has 1 aliphatic carbocycles. The van der Waals surface area contributed by atoms with Gasteiger partial charge in [0.25, 0.3) is 0 Å². The van der Waals surface area contributed by atoms with Crippen molar-refractivity contribution in [1.29, 1.82) is 0 Å². The largest absolute Gasteiger partial charge is 0.351 e. The molecule has 136 valence electrons. The highest BCUT2D eigenvalue weighted by molar-refractivity contribution is 6.30. The molecule has 0 spiro atoms. The third-order valence-corrected chi connectivity index (χ3v) is 5.22. The van der Waals surface area contributed by atoms with Crippen LogP contribution in [-0.4, -0.2) is 11.8 Å². The van der Waals surface area contributed by atoms with Crippen LogP contribution in [0.2, 0.25) is 5.02 Å². The summed E-state index contributed by atoms with van der Waals surface area (Å²) in [5, 5.41) is 6.55. The lowest BCUT2D eigenvalue weighted by molar-refractivity contribution is -0.134. The lowest BCUT2D eigenvalue weighted by atomic mass is 10.0. The van der Waals surface area contributed by atoms with Gasteiger partial charge in [-0.25, -0.2) is 0 Å². The van der Waals surface area contributed by atoms with Crippen molar-refractivity contribution >= 4 is 29.1 Å². The Labute approximate surface area is 158 Å². The summed E-state index contributed by atoms with van der Waals surface area (Å²) in [5.41, 5.74) is 2.92. The zero-order valence-corrected chi connectivity index (χ0v) is 15.8. The van der Waals surface area contributed by atoms with E-state index in [4.69, 9.17) is 11.6 Å². The van der Waals surface area contributed by atoms with Gasteiger partial charge < -0.3 is 10.6 Å². The third-order valence-electron chi connectivity index (χ3n) is 4.96. The fourth-order valence-electron chi connectivity index (χ4n) is 3.07. The average Bonchev–Trinajstić information content (AvgIpc) is 3.44. The van der Waals surface area contributed by atoms with Gasteiger partial charge in [0.2, 0.25) is 11.8 Å². The Morgan fingerprint density at radius 2 is 1.77 bits per heavy atom. The molecule has 0 atom stereocenters. The molecule has 1 aliphatic rings. The standard InChI is InChI=1S/C21H23ClN2O2/c1-3-16-6-4-5-14(2)18(16)24-20(26)21(11-12-21)19(25)23-13-15-7-9-17(22)10-8-15/h4-10H,3,11-13H2,1-2H3,(H,23,25)(H,24,26). The Kier molecular flexibility index (Phi) is 5.33. The Morgan fingerprint density at radius 1 is 1.08 bits per heavy atom. The van der Waals surface area contributed by atoms with Crippen LogP contribution in [0.1, 0.15) is 36.5 Å². The van der Waals surface area contributed by atoms with Gasteiger partial charge in [0.15, 0.2) is 0 Å². The quantitative estimate of drug-likeness (QED) is 0.747. The van der Waals surface area contributed by atoms with Crippen LogP contribution >= 0.6 is 11.6 Å². The topological polar surface area (TPSA) is 58.2 Å². The number of anilines is 1. The Morgan fingerprint density at radius 3 is 2.38 bits per heavy atom. The van der Waals surface area contributed by atoms with Crippen LogP contribution in [-0.2, 0) is 22.6 Å². The smallest absolute Gasteiger partial charge is 0.240 e. The highest BCUT2D eigenvalue weighted by Crippen LogP contribution is 2.47. The number of rotatable bonds is 6. The molecule has 2 aromatic carbocycles. The second-order valence-electron chi connectivity index (χ2n) is 6.81. The van der Waals surface area contributed by atoms with Crippen LogP contribution in [0, 0.1) is 12.3 Å². The molecule has 0 unspecified atom stereocenters. The van der Waals surface area contributed by atoms with E-state index in [1.165, 1.54) is 0 Å². The molecule has 0 aliphatic heterocycles. The van der Waals surface area contributed by atoms with Crippen LogP contribution in [0.15, 0.2) is 42.5 Å². The maximum Gasteiger partial charge on any atom is 0.240 e. The van der Waals surface area contributed by atoms with Gasteiger partial charge in [0, 0.05) is 17.3 Å². The van der Waals surface area contributed by atoms with E-state index in [0.717, 1.165) is 28.8 Å².